The summed E-state index contributed by atoms with van der Waals surface area (Å²) >= 11 is 0. The lowest BCUT2D eigenvalue weighted by atomic mass is 9.94. The zero-order chi connectivity index (χ0) is 22.9. The third-order valence-corrected chi connectivity index (χ3v) is 6.72. The van der Waals surface area contributed by atoms with E-state index in [0.29, 0.717) is 30.5 Å². The van der Waals surface area contributed by atoms with Gasteiger partial charge in [0.05, 0.1) is 6.04 Å². The quantitative estimate of drug-likeness (QED) is 0.566. The molecule has 5 rings (SSSR count). The predicted molar refractivity (Wildman–Crippen MR) is 127 cm³/mol. The van der Waals surface area contributed by atoms with E-state index in [1.165, 1.54) is 4.90 Å². The minimum Gasteiger partial charge on any atom is -0.333 e. The summed E-state index contributed by atoms with van der Waals surface area (Å²) in [7, 11) is 2.07. The lowest BCUT2D eigenvalue weighted by molar-refractivity contribution is -0.136. The summed E-state index contributed by atoms with van der Waals surface area (Å²) in [6.07, 6.45) is 0.748. The molecule has 1 atom stereocenters. The number of benzene rings is 3. The molecule has 1 fully saturated rings. The van der Waals surface area contributed by atoms with Crippen molar-refractivity contribution >= 4 is 28.5 Å². The largest absolute Gasteiger partial charge is 0.333 e. The SMILES string of the molecule is CN1CCN(C(=O)CCCN2C(=O)c3cccc4cccc(c34)C2=O)[C@H](c2ccccc2)C1. The average molecular weight is 442 g/mol. The van der Waals surface area contributed by atoms with Crippen LogP contribution in [0.2, 0.25) is 0 Å². The molecule has 0 saturated carbocycles. The molecule has 2 heterocycles. The molecule has 33 heavy (non-hydrogen) atoms. The monoisotopic (exact) mass is 441 g/mol. The molecule has 6 heteroatoms. The van der Waals surface area contributed by atoms with E-state index >= 15 is 0 Å². The van der Waals surface area contributed by atoms with Crippen LogP contribution in [-0.2, 0) is 4.79 Å². The smallest absolute Gasteiger partial charge is 0.261 e. The van der Waals surface area contributed by atoms with Crippen LogP contribution in [0.5, 0.6) is 0 Å². The maximum Gasteiger partial charge on any atom is 0.261 e. The highest BCUT2D eigenvalue weighted by Crippen LogP contribution is 2.30. The molecule has 0 N–H and O–H groups in total. The molecular formula is C27H27N3O3. The lowest BCUT2D eigenvalue weighted by Crippen LogP contribution is -2.49. The van der Waals surface area contributed by atoms with Gasteiger partial charge in [0.15, 0.2) is 0 Å². The summed E-state index contributed by atoms with van der Waals surface area (Å²) in [5.74, 6) is -0.492. The highest BCUT2D eigenvalue weighted by molar-refractivity contribution is 6.25. The van der Waals surface area contributed by atoms with Crippen molar-refractivity contribution in [3.8, 4) is 0 Å². The van der Waals surface area contributed by atoms with Gasteiger partial charge in [-0.1, -0.05) is 54.6 Å². The van der Waals surface area contributed by atoms with Crippen LogP contribution >= 0.6 is 0 Å². The summed E-state index contributed by atoms with van der Waals surface area (Å²) in [6, 6.07) is 21.2. The number of rotatable bonds is 5. The molecule has 2 aliphatic heterocycles. The third kappa shape index (κ3) is 3.91. The Morgan fingerprint density at radius 2 is 1.55 bits per heavy atom. The Morgan fingerprint density at radius 1 is 0.879 bits per heavy atom. The Balaban J connectivity index is 1.28. The van der Waals surface area contributed by atoms with Crippen molar-refractivity contribution in [3.63, 3.8) is 0 Å². The molecular weight excluding hydrogens is 414 g/mol. The van der Waals surface area contributed by atoms with E-state index in [0.717, 1.165) is 29.4 Å². The fraction of sp³-hybridized carbons (Fsp3) is 0.296. The maximum absolute atomic E-state index is 13.2. The van der Waals surface area contributed by atoms with Gasteiger partial charge in [0.1, 0.15) is 0 Å². The molecule has 2 aliphatic rings. The molecule has 0 aromatic heterocycles. The van der Waals surface area contributed by atoms with Crippen molar-refractivity contribution in [2.45, 2.75) is 18.9 Å². The van der Waals surface area contributed by atoms with Crippen LogP contribution in [0.4, 0.5) is 0 Å². The highest BCUT2D eigenvalue weighted by atomic mass is 16.2. The van der Waals surface area contributed by atoms with Gasteiger partial charge in [-0.05, 0) is 36.6 Å². The van der Waals surface area contributed by atoms with Crippen LogP contribution in [0.25, 0.3) is 10.8 Å². The molecule has 1 saturated heterocycles. The first-order chi connectivity index (χ1) is 16.0. The molecule has 0 spiro atoms. The molecule has 0 unspecified atom stereocenters. The maximum atomic E-state index is 13.2. The van der Waals surface area contributed by atoms with Crippen LogP contribution in [0.15, 0.2) is 66.7 Å². The van der Waals surface area contributed by atoms with Gasteiger partial charge >= 0.3 is 0 Å². The zero-order valence-corrected chi connectivity index (χ0v) is 18.7. The summed E-state index contributed by atoms with van der Waals surface area (Å²) in [5, 5.41) is 1.62. The van der Waals surface area contributed by atoms with E-state index in [9.17, 15) is 14.4 Å². The van der Waals surface area contributed by atoms with Gasteiger partial charge in [0.25, 0.3) is 11.8 Å². The van der Waals surface area contributed by atoms with E-state index in [-0.39, 0.29) is 30.3 Å². The number of carbonyl (C=O) groups excluding carboxylic acids is 3. The standard InChI is InChI=1S/C27H27N3O3/c1-28-16-17-29(23(18-28)19-8-3-2-4-9-19)24(31)14-7-15-30-26(32)21-12-5-10-20-11-6-13-22(25(20)21)27(30)33/h2-6,8-13,23H,7,14-18H2,1H3/t23-/m0/s1. The second kappa shape index (κ2) is 8.79. The molecule has 6 nitrogen and oxygen atoms in total. The van der Waals surface area contributed by atoms with Gasteiger partial charge < -0.3 is 9.80 Å². The van der Waals surface area contributed by atoms with Gasteiger partial charge in [0.2, 0.25) is 5.91 Å². The van der Waals surface area contributed by atoms with Gasteiger partial charge in [-0.15, -0.1) is 0 Å². The van der Waals surface area contributed by atoms with Crippen LogP contribution in [0, 0.1) is 0 Å². The predicted octanol–water partition coefficient (Wildman–Crippen LogP) is 3.73. The molecule has 3 aromatic carbocycles. The van der Waals surface area contributed by atoms with Crippen molar-refractivity contribution in [1.82, 2.24) is 14.7 Å². The van der Waals surface area contributed by atoms with E-state index in [1.54, 1.807) is 12.1 Å². The molecule has 0 bridgehead atoms. The van der Waals surface area contributed by atoms with E-state index in [1.807, 2.05) is 47.4 Å². The van der Waals surface area contributed by atoms with Crippen molar-refractivity contribution in [3.05, 3.63) is 83.4 Å². The van der Waals surface area contributed by atoms with Gasteiger partial charge in [-0.25, -0.2) is 0 Å². The molecule has 0 radical (unpaired) electrons. The Kier molecular flexibility index (Phi) is 5.68. The van der Waals surface area contributed by atoms with Crippen molar-refractivity contribution in [2.24, 2.45) is 0 Å². The number of carbonyl (C=O) groups is 3. The fourth-order valence-electron chi connectivity index (χ4n) is 4.99. The third-order valence-electron chi connectivity index (χ3n) is 6.72. The van der Waals surface area contributed by atoms with Crippen molar-refractivity contribution in [1.29, 1.82) is 0 Å². The Labute approximate surface area is 193 Å². The Hall–Kier alpha value is -3.51. The summed E-state index contributed by atoms with van der Waals surface area (Å²) in [6.45, 7) is 2.53. The Bertz CT molecular complexity index is 1170. The van der Waals surface area contributed by atoms with Crippen LogP contribution in [-0.4, -0.2) is 65.6 Å². The first-order valence-corrected chi connectivity index (χ1v) is 11.5. The van der Waals surface area contributed by atoms with E-state index < -0.39 is 0 Å². The van der Waals surface area contributed by atoms with Gasteiger partial charge in [-0.3, -0.25) is 19.3 Å². The molecule has 0 aliphatic carbocycles. The number of amides is 3. The molecule has 168 valence electrons. The fourth-order valence-corrected chi connectivity index (χ4v) is 4.99. The normalized spacial score (nSPS) is 18.8. The highest BCUT2D eigenvalue weighted by Gasteiger charge is 2.33. The van der Waals surface area contributed by atoms with E-state index in [2.05, 4.69) is 24.1 Å². The summed E-state index contributed by atoms with van der Waals surface area (Å²) in [4.78, 5) is 44.8. The first-order valence-electron chi connectivity index (χ1n) is 11.5. The summed E-state index contributed by atoms with van der Waals surface area (Å²) < 4.78 is 0. The number of piperazine rings is 1. The van der Waals surface area contributed by atoms with Crippen LogP contribution in [0.1, 0.15) is 45.2 Å². The van der Waals surface area contributed by atoms with Crippen LogP contribution < -0.4 is 0 Å². The van der Waals surface area contributed by atoms with Gasteiger partial charge in [0, 0.05) is 49.1 Å². The summed E-state index contributed by atoms with van der Waals surface area (Å²) in [5.41, 5.74) is 2.23. The van der Waals surface area contributed by atoms with Crippen molar-refractivity contribution in [2.75, 3.05) is 33.2 Å². The number of hydrogen-bond acceptors (Lipinski definition) is 4. The minimum absolute atomic E-state index is 0.0141. The van der Waals surface area contributed by atoms with Crippen LogP contribution in [0.3, 0.4) is 0 Å². The lowest BCUT2D eigenvalue weighted by Gasteiger charge is -2.40. The second-order valence-electron chi connectivity index (χ2n) is 8.85. The minimum atomic E-state index is -0.279. The zero-order valence-electron chi connectivity index (χ0n) is 18.7. The average Bonchev–Trinajstić information content (AvgIpc) is 2.85. The van der Waals surface area contributed by atoms with Gasteiger partial charge in [-0.2, -0.15) is 0 Å². The first kappa shape index (κ1) is 21.3. The van der Waals surface area contributed by atoms with E-state index in [4.69, 9.17) is 0 Å². The number of nitrogens with zero attached hydrogens (tertiary/aromatic N) is 3. The van der Waals surface area contributed by atoms with Crippen molar-refractivity contribution < 1.29 is 14.4 Å². The number of imide groups is 1. The molecule has 3 aromatic rings. The Morgan fingerprint density at radius 3 is 2.21 bits per heavy atom. The topological polar surface area (TPSA) is 60.9 Å². The second-order valence-corrected chi connectivity index (χ2v) is 8.85. The molecule has 3 amide bonds. The number of hydrogen-bond donors (Lipinski definition) is 0. The number of likely N-dealkylation sites (N-methyl/N-ethyl adjacent to an activating group) is 1.